The standard InChI is InChI=1S/C28H31N5O4/c1-18-16-20(32-14-12-31(2)13-15-32)10-11-22(18)33-25(28(35)37-4)24(27(34)36-3)23(21(17-29)26(33)30)19-8-6-5-7-9-19/h5-11,16,23H,12-15,30H2,1-4H3. The second-order valence-corrected chi connectivity index (χ2v) is 9.10. The van der Waals surface area contributed by atoms with Crippen LogP contribution >= 0.6 is 0 Å². The molecule has 2 heterocycles. The summed E-state index contributed by atoms with van der Waals surface area (Å²) in [4.78, 5) is 32.5. The summed E-state index contributed by atoms with van der Waals surface area (Å²) in [6.45, 7) is 5.64. The van der Waals surface area contributed by atoms with Crippen LogP contribution in [0.3, 0.4) is 0 Å². The zero-order valence-electron chi connectivity index (χ0n) is 21.5. The van der Waals surface area contributed by atoms with E-state index < -0.39 is 17.9 Å². The molecule has 2 N–H and O–H groups in total. The van der Waals surface area contributed by atoms with Gasteiger partial charge in [-0.25, -0.2) is 9.59 Å². The van der Waals surface area contributed by atoms with Crippen molar-refractivity contribution >= 4 is 23.3 Å². The molecule has 1 atom stereocenters. The molecule has 1 fully saturated rings. The lowest BCUT2D eigenvalue weighted by Gasteiger charge is -2.37. The Morgan fingerprint density at radius 3 is 2.22 bits per heavy atom. The molecule has 37 heavy (non-hydrogen) atoms. The molecule has 2 aliphatic heterocycles. The molecular formula is C28H31N5O4. The van der Waals surface area contributed by atoms with Gasteiger partial charge in [-0.3, -0.25) is 4.90 Å². The first kappa shape index (κ1) is 25.8. The third kappa shape index (κ3) is 4.76. The van der Waals surface area contributed by atoms with Gasteiger partial charge in [0.1, 0.15) is 11.5 Å². The monoisotopic (exact) mass is 501 g/mol. The molecule has 1 saturated heterocycles. The first-order chi connectivity index (χ1) is 17.8. The van der Waals surface area contributed by atoms with Gasteiger partial charge in [0.05, 0.1) is 43.0 Å². The summed E-state index contributed by atoms with van der Waals surface area (Å²) in [5.41, 5.74) is 9.74. The summed E-state index contributed by atoms with van der Waals surface area (Å²) < 4.78 is 10.2. The van der Waals surface area contributed by atoms with Crippen LogP contribution in [0, 0.1) is 18.3 Å². The highest BCUT2D eigenvalue weighted by Gasteiger charge is 2.43. The van der Waals surface area contributed by atoms with E-state index in [0.29, 0.717) is 11.3 Å². The number of carbonyl (C=O) groups is 2. The van der Waals surface area contributed by atoms with Gasteiger partial charge in [0.15, 0.2) is 0 Å². The number of methoxy groups -OCH3 is 2. The van der Waals surface area contributed by atoms with E-state index in [1.54, 1.807) is 24.3 Å². The topological polar surface area (TPSA) is 112 Å². The number of ether oxygens (including phenoxy) is 2. The Morgan fingerprint density at radius 1 is 1.00 bits per heavy atom. The molecule has 2 aromatic rings. The molecule has 0 aliphatic carbocycles. The first-order valence-corrected chi connectivity index (χ1v) is 12.0. The Labute approximate surface area is 216 Å². The Balaban J connectivity index is 1.91. The van der Waals surface area contributed by atoms with E-state index in [1.165, 1.54) is 19.1 Å². The van der Waals surface area contributed by atoms with Crippen molar-refractivity contribution in [2.24, 2.45) is 5.73 Å². The number of allylic oxidation sites excluding steroid dienone is 1. The van der Waals surface area contributed by atoms with Crippen LogP contribution in [0.1, 0.15) is 17.0 Å². The third-order valence-corrected chi connectivity index (χ3v) is 6.90. The number of nitriles is 1. The molecular weight excluding hydrogens is 470 g/mol. The molecule has 0 radical (unpaired) electrons. The number of esters is 2. The quantitative estimate of drug-likeness (QED) is 0.618. The highest BCUT2D eigenvalue weighted by Crippen LogP contribution is 2.44. The molecule has 4 rings (SSSR count). The van der Waals surface area contributed by atoms with Crippen molar-refractivity contribution in [3.63, 3.8) is 0 Å². The number of nitrogens with two attached hydrogens (primary N) is 1. The maximum Gasteiger partial charge on any atom is 0.355 e. The van der Waals surface area contributed by atoms with Gasteiger partial charge in [0.2, 0.25) is 0 Å². The largest absolute Gasteiger partial charge is 0.466 e. The lowest BCUT2D eigenvalue weighted by molar-refractivity contribution is -0.139. The molecule has 9 nitrogen and oxygen atoms in total. The smallest absolute Gasteiger partial charge is 0.355 e. The Hall–Kier alpha value is -4.29. The minimum absolute atomic E-state index is 0.00570. The van der Waals surface area contributed by atoms with Gasteiger partial charge in [-0.15, -0.1) is 0 Å². The van der Waals surface area contributed by atoms with Crippen molar-refractivity contribution in [3.8, 4) is 6.07 Å². The van der Waals surface area contributed by atoms with E-state index >= 15 is 0 Å². The molecule has 0 amide bonds. The van der Waals surface area contributed by atoms with Crippen LogP contribution in [-0.4, -0.2) is 64.3 Å². The summed E-state index contributed by atoms with van der Waals surface area (Å²) in [7, 11) is 4.58. The molecule has 0 spiro atoms. The van der Waals surface area contributed by atoms with E-state index in [9.17, 15) is 14.9 Å². The predicted molar refractivity (Wildman–Crippen MR) is 140 cm³/mol. The summed E-state index contributed by atoms with van der Waals surface area (Å²) in [5, 5.41) is 10.2. The summed E-state index contributed by atoms with van der Waals surface area (Å²) in [6, 6.07) is 17.0. The number of hydrogen-bond acceptors (Lipinski definition) is 9. The van der Waals surface area contributed by atoms with Gasteiger partial charge >= 0.3 is 11.9 Å². The minimum atomic E-state index is -0.895. The number of piperazine rings is 1. The molecule has 9 heteroatoms. The van der Waals surface area contributed by atoms with Gasteiger partial charge in [-0.1, -0.05) is 30.3 Å². The average Bonchev–Trinajstić information content (AvgIpc) is 2.92. The Morgan fingerprint density at radius 2 is 1.65 bits per heavy atom. The lowest BCUT2D eigenvalue weighted by Crippen LogP contribution is -2.44. The van der Waals surface area contributed by atoms with Crippen molar-refractivity contribution in [3.05, 3.63) is 82.3 Å². The second-order valence-electron chi connectivity index (χ2n) is 9.10. The SMILES string of the molecule is COC(=O)C1=C(C(=O)OC)N(c2ccc(N3CCN(C)CC3)cc2C)C(N)=C(C#N)C1c1ccccc1. The number of hydrogen-bond donors (Lipinski definition) is 1. The normalized spacial score (nSPS) is 18.5. The van der Waals surface area contributed by atoms with Crippen molar-refractivity contribution in [1.29, 1.82) is 5.26 Å². The van der Waals surface area contributed by atoms with Crippen molar-refractivity contribution in [1.82, 2.24) is 4.90 Å². The van der Waals surface area contributed by atoms with Crippen LogP contribution in [0.2, 0.25) is 0 Å². The van der Waals surface area contributed by atoms with Gasteiger partial charge in [0.25, 0.3) is 0 Å². The molecule has 0 aromatic heterocycles. The highest BCUT2D eigenvalue weighted by molar-refractivity contribution is 6.06. The number of anilines is 2. The highest BCUT2D eigenvalue weighted by atomic mass is 16.5. The number of aryl methyl sites for hydroxylation is 1. The van der Waals surface area contributed by atoms with Crippen LogP contribution in [0.25, 0.3) is 0 Å². The first-order valence-electron chi connectivity index (χ1n) is 12.0. The molecule has 1 unspecified atom stereocenters. The van der Waals surface area contributed by atoms with E-state index in [4.69, 9.17) is 15.2 Å². The zero-order valence-corrected chi connectivity index (χ0v) is 21.5. The van der Waals surface area contributed by atoms with Gasteiger partial charge < -0.3 is 25.0 Å². The van der Waals surface area contributed by atoms with Gasteiger partial charge in [-0.05, 0) is 43.3 Å². The van der Waals surface area contributed by atoms with Crippen molar-refractivity contribution < 1.29 is 19.1 Å². The molecule has 0 saturated carbocycles. The van der Waals surface area contributed by atoms with Crippen molar-refractivity contribution in [2.75, 3.05) is 57.2 Å². The van der Waals surface area contributed by atoms with E-state index in [0.717, 1.165) is 37.4 Å². The van der Waals surface area contributed by atoms with Crippen LogP contribution in [0.5, 0.6) is 0 Å². The molecule has 0 bridgehead atoms. The number of nitrogens with zero attached hydrogens (tertiary/aromatic N) is 4. The third-order valence-electron chi connectivity index (χ3n) is 6.90. The Bertz CT molecular complexity index is 1300. The van der Waals surface area contributed by atoms with E-state index in [-0.39, 0.29) is 22.7 Å². The van der Waals surface area contributed by atoms with Crippen LogP contribution in [0.4, 0.5) is 11.4 Å². The predicted octanol–water partition coefficient (Wildman–Crippen LogP) is 2.64. The number of rotatable bonds is 5. The molecule has 192 valence electrons. The molecule has 2 aliphatic rings. The fourth-order valence-corrected chi connectivity index (χ4v) is 4.92. The van der Waals surface area contributed by atoms with Crippen molar-refractivity contribution in [2.45, 2.75) is 12.8 Å². The summed E-state index contributed by atoms with van der Waals surface area (Å²) in [6.07, 6.45) is 0. The zero-order chi connectivity index (χ0) is 26.7. The van der Waals surface area contributed by atoms with Crippen LogP contribution in [0.15, 0.2) is 71.2 Å². The maximum absolute atomic E-state index is 13.3. The van der Waals surface area contributed by atoms with Gasteiger partial charge in [-0.2, -0.15) is 5.26 Å². The fourth-order valence-electron chi connectivity index (χ4n) is 4.92. The minimum Gasteiger partial charge on any atom is -0.466 e. The summed E-state index contributed by atoms with van der Waals surface area (Å²) in [5.74, 6) is -2.34. The van der Waals surface area contributed by atoms with Gasteiger partial charge in [0, 0.05) is 31.9 Å². The fraction of sp³-hybridized carbons (Fsp3) is 0.321. The number of carbonyl (C=O) groups excluding carboxylic acids is 2. The van der Waals surface area contributed by atoms with E-state index in [2.05, 4.69) is 22.9 Å². The molecule has 2 aromatic carbocycles. The lowest BCUT2D eigenvalue weighted by atomic mass is 9.80. The Kier molecular flexibility index (Phi) is 7.50. The average molecular weight is 502 g/mol. The second kappa shape index (κ2) is 10.8. The van der Waals surface area contributed by atoms with E-state index in [1.807, 2.05) is 31.2 Å². The van der Waals surface area contributed by atoms with Crippen LogP contribution in [-0.2, 0) is 19.1 Å². The summed E-state index contributed by atoms with van der Waals surface area (Å²) >= 11 is 0. The van der Waals surface area contributed by atoms with Crippen LogP contribution < -0.4 is 15.5 Å². The number of likely N-dealkylation sites (N-methyl/N-ethyl adjacent to an activating group) is 1. The number of benzene rings is 2. The maximum atomic E-state index is 13.3.